The first-order valence-electron chi connectivity index (χ1n) is 10.7. The highest BCUT2D eigenvalue weighted by Crippen LogP contribution is 2.20. The molecule has 0 saturated carbocycles. The number of amides is 1. The number of aromatic nitrogens is 2. The summed E-state index contributed by atoms with van der Waals surface area (Å²) in [5.74, 6) is 1.80. The van der Waals surface area contributed by atoms with Gasteiger partial charge < -0.3 is 24.4 Å². The maximum absolute atomic E-state index is 12.6. The number of nitrogens with zero attached hydrogens (tertiary/aromatic N) is 5. The molecule has 1 atom stereocenters. The zero-order chi connectivity index (χ0) is 21.6. The van der Waals surface area contributed by atoms with Gasteiger partial charge in [0.05, 0.1) is 0 Å². The SMILES string of the molecule is CCNC(=NCc1nc(-c2cccc(Cl)c2)no1)N1CCN(C(=O)C2CCCO2)CC1. The van der Waals surface area contributed by atoms with Gasteiger partial charge >= 0.3 is 0 Å². The van der Waals surface area contributed by atoms with Gasteiger partial charge in [0.1, 0.15) is 12.6 Å². The number of nitrogens with one attached hydrogen (secondary N) is 1. The fourth-order valence-corrected chi connectivity index (χ4v) is 3.94. The molecule has 1 aromatic carbocycles. The number of ether oxygens (including phenoxy) is 1. The molecule has 31 heavy (non-hydrogen) atoms. The van der Waals surface area contributed by atoms with Crippen LogP contribution in [-0.2, 0) is 16.1 Å². The summed E-state index contributed by atoms with van der Waals surface area (Å²) in [6, 6.07) is 7.32. The molecule has 9 nitrogen and oxygen atoms in total. The number of aliphatic imine (C=N–C) groups is 1. The summed E-state index contributed by atoms with van der Waals surface area (Å²) in [5, 5.41) is 7.95. The zero-order valence-electron chi connectivity index (χ0n) is 17.6. The second-order valence-electron chi connectivity index (χ2n) is 7.51. The van der Waals surface area contributed by atoms with E-state index in [0.717, 1.165) is 30.9 Å². The molecule has 0 aliphatic carbocycles. The highest BCUT2D eigenvalue weighted by molar-refractivity contribution is 6.30. The molecule has 2 fully saturated rings. The van der Waals surface area contributed by atoms with Crippen LogP contribution in [0, 0.1) is 0 Å². The van der Waals surface area contributed by atoms with Gasteiger partial charge in [-0.2, -0.15) is 4.98 Å². The van der Waals surface area contributed by atoms with Crippen LogP contribution in [0.3, 0.4) is 0 Å². The standard InChI is InChI=1S/C21H27ClN6O3/c1-2-23-21(28-10-8-27(9-11-28)20(29)17-7-4-12-30-17)24-14-18-25-19(26-31-18)15-5-3-6-16(22)13-15/h3,5-6,13,17H,2,4,7-12,14H2,1H3,(H,23,24). The minimum Gasteiger partial charge on any atom is -0.368 e. The van der Waals surface area contributed by atoms with Gasteiger partial charge in [-0.25, -0.2) is 4.99 Å². The van der Waals surface area contributed by atoms with Crippen molar-refractivity contribution in [2.75, 3.05) is 39.3 Å². The predicted octanol–water partition coefficient (Wildman–Crippen LogP) is 2.18. The van der Waals surface area contributed by atoms with Crippen molar-refractivity contribution in [1.82, 2.24) is 25.3 Å². The Hall–Kier alpha value is -2.65. The van der Waals surface area contributed by atoms with Gasteiger partial charge in [-0.3, -0.25) is 4.79 Å². The van der Waals surface area contributed by atoms with Crippen molar-refractivity contribution in [3.63, 3.8) is 0 Å². The number of guanidine groups is 1. The number of benzene rings is 1. The van der Waals surface area contributed by atoms with Crippen molar-refractivity contribution in [3.8, 4) is 11.4 Å². The van der Waals surface area contributed by atoms with Crippen LogP contribution in [0.4, 0.5) is 0 Å². The Balaban J connectivity index is 1.36. The third kappa shape index (κ3) is 5.34. The first kappa shape index (κ1) is 21.6. The van der Waals surface area contributed by atoms with Crippen LogP contribution >= 0.6 is 11.6 Å². The van der Waals surface area contributed by atoms with Crippen LogP contribution in [0.5, 0.6) is 0 Å². The smallest absolute Gasteiger partial charge is 0.251 e. The highest BCUT2D eigenvalue weighted by atomic mass is 35.5. The van der Waals surface area contributed by atoms with E-state index in [9.17, 15) is 4.79 Å². The highest BCUT2D eigenvalue weighted by Gasteiger charge is 2.30. The summed E-state index contributed by atoms with van der Waals surface area (Å²) in [5.41, 5.74) is 0.797. The number of carbonyl (C=O) groups is 1. The largest absolute Gasteiger partial charge is 0.368 e. The van der Waals surface area contributed by atoms with Crippen molar-refractivity contribution < 1.29 is 14.1 Å². The Labute approximate surface area is 186 Å². The summed E-state index contributed by atoms with van der Waals surface area (Å²) in [4.78, 5) is 25.7. The van der Waals surface area contributed by atoms with Crippen molar-refractivity contribution in [3.05, 3.63) is 35.2 Å². The fraction of sp³-hybridized carbons (Fsp3) is 0.524. The average molecular weight is 447 g/mol. The minimum absolute atomic E-state index is 0.110. The molecule has 2 aliphatic rings. The summed E-state index contributed by atoms with van der Waals surface area (Å²) >= 11 is 6.04. The van der Waals surface area contributed by atoms with Gasteiger partial charge in [0.25, 0.3) is 5.91 Å². The molecular weight excluding hydrogens is 420 g/mol. The van der Waals surface area contributed by atoms with Crippen molar-refractivity contribution in [2.45, 2.75) is 32.4 Å². The van der Waals surface area contributed by atoms with Gasteiger partial charge in [-0.05, 0) is 31.9 Å². The van der Waals surface area contributed by atoms with Crippen LogP contribution in [0.1, 0.15) is 25.7 Å². The van der Waals surface area contributed by atoms with Crippen molar-refractivity contribution in [1.29, 1.82) is 0 Å². The normalized spacial score (nSPS) is 19.7. The number of halogens is 1. The number of piperazine rings is 1. The molecule has 4 rings (SSSR count). The molecule has 1 aromatic heterocycles. The van der Waals surface area contributed by atoms with E-state index in [1.807, 2.05) is 24.0 Å². The van der Waals surface area contributed by atoms with Crippen LogP contribution in [-0.4, -0.2) is 77.2 Å². The Morgan fingerprint density at radius 2 is 2.10 bits per heavy atom. The van der Waals surface area contributed by atoms with E-state index >= 15 is 0 Å². The monoisotopic (exact) mass is 446 g/mol. The van der Waals surface area contributed by atoms with Crippen LogP contribution in [0.15, 0.2) is 33.8 Å². The van der Waals surface area contributed by atoms with E-state index in [1.165, 1.54) is 0 Å². The topological polar surface area (TPSA) is 96.1 Å². The Bertz CT molecular complexity index is 919. The predicted molar refractivity (Wildman–Crippen MR) is 117 cm³/mol. The minimum atomic E-state index is -0.264. The first-order chi connectivity index (χ1) is 15.1. The second-order valence-corrected chi connectivity index (χ2v) is 7.94. The Kier molecular flexibility index (Phi) is 7.03. The quantitative estimate of drug-likeness (QED) is 0.555. The van der Waals surface area contributed by atoms with Gasteiger partial charge in [0.15, 0.2) is 5.96 Å². The molecule has 2 aliphatic heterocycles. The Morgan fingerprint density at radius 3 is 2.81 bits per heavy atom. The molecule has 166 valence electrons. The molecule has 0 bridgehead atoms. The lowest BCUT2D eigenvalue weighted by Gasteiger charge is -2.37. The van der Waals surface area contributed by atoms with Crippen molar-refractivity contribution >= 4 is 23.5 Å². The van der Waals surface area contributed by atoms with E-state index in [1.54, 1.807) is 12.1 Å². The number of hydrogen-bond donors (Lipinski definition) is 1. The summed E-state index contributed by atoms with van der Waals surface area (Å²) in [7, 11) is 0. The summed E-state index contributed by atoms with van der Waals surface area (Å²) in [6.45, 7) is 6.45. The number of rotatable bonds is 5. The maximum Gasteiger partial charge on any atom is 0.251 e. The third-order valence-corrected chi connectivity index (χ3v) is 5.58. The lowest BCUT2D eigenvalue weighted by molar-refractivity contribution is -0.142. The van der Waals surface area contributed by atoms with E-state index in [4.69, 9.17) is 20.9 Å². The van der Waals surface area contributed by atoms with E-state index < -0.39 is 0 Å². The first-order valence-corrected chi connectivity index (χ1v) is 11.0. The summed E-state index contributed by atoms with van der Waals surface area (Å²) < 4.78 is 10.9. The van der Waals surface area contributed by atoms with Crippen LogP contribution in [0.2, 0.25) is 5.02 Å². The third-order valence-electron chi connectivity index (χ3n) is 5.35. The molecule has 2 saturated heterocycles. The summed E-state index contributed by atoms with van der Waals surface area (Å²) in [6.07, 6.45) is 1.52. The molecular formula is C21H27ClN6O3. The molecule has 0 spiro atoms. The van der Waals surface area contributed by atoms with E-state index in [2.05, 4.69) is 25.3 Å². The average Bonchev–Trinajstić information content (AvgIpc) is 3.49. The zero-order valence-corrected chi connectivity index (χ0v) is 18.3. The van der Waals surface area contributed by atoms with E-state index in [-0.39, 0.29) is 18.6 Å². The molecule has 1 amide bonds. The lowest BCUT2D eigenvalue weighted by atomic mass is 10.2. The van der Waals surface area contributed by atoms with E-state index in [0.29, 0.717) is 49.5 Å². The van der Waals surface area contributed by atoms with Gasteiger partial charge in [0.2, 0.25) is 11.7 Å². The molecule has 2 aromatic rings. The number of hydrogen-bond acceptors (Lipinski definition) is 6. The molecule has 10 heteroatoms. The number of carbonyl (C=O) groups excluding carboxylic acids is 1. The lowest BCUT2D eigenvalue weighted by Crippen LogP contribution is -2.55. The van der Waals surface area contributed by atoms with Crippen LogP contribution in [0.25, 0.3) is 11.4 Å². The van der Waals surface area contributed by atoms with Crippen molar-refractivity contribution in [2.24, 2.45) is 4.99 Å². The Morgan fingerprint density at radius 1 is 1.29 bits per heavy atom. The molecule has 0 radical (unpaired) electrons. The van der Waals surface area contributed by atoms with Gasteiger partial charge in [-0.1, -0.05) is 28.9 Å². The second kappa shape index (κ2) is 10.1. The van der Waals surface area contributed by atoms with Gasteiger partial charge in [-0.15, -0.1) is 0 Å². The maximum atomic E-state index is 12.6. The van der Waals surface area contributed by atoms with Crippen LogP contribution < -0.4 is 5.32 Å². The molecule has 3 heterocycles. The molecule has 1 N–H and O–H groups in total. The molecule has 1 unspecified atom stereocenters. The van der Waals surface area contributed by atoms with Gasteiger partial charge in [0, 0.05) is 49.9 Å². The fourth-order valence-electron chi connectivity index (χ4n) is 3.75.